The average molecular weight is 258 g/mol. The fourth-order valence-corrected chi connectivity index (χ4v) is 1.49. The van der Waals surface area contributed by atoms with Gasteiger partial charge < -0.3 is 4.74 Å². The molecule has 5 nitrogen and oxygen atoms in total. The number of benzene rings is 1. The van der Waals surface area contributed by atoms with Gasteiger partial charge in [0.2, 0.25) is 0 Å². The van der Waals surface area contributed by atoms with Gasteiger partial charge in [0.1, 0.15) is 12.4 Å². The molecule has 0 bridgehead atoms. The summed E-state index contributed by atoms with van der Waals surface area (Å²) in [6, 6.07) is 5.07. The minimum atomic E-state index is -4.09. The summed E-state index contributed by atoms with van der Waals surface area (Å²) in [5.41, 5.74) is 2.37. The summed E-state index contributed by atoms with van der Waals surface area (Å²) < 4.78 is 34.0. The minimum absolute atomic E-state index is 0.357. The first-order valence-corrected chi connectivity index (χ1v) is 6.60. The van der Waals surface area contributed by atoms with E-state index in [4.69, 9.17) is 9.29 Å². The van der Waals surface area contributed by atoms with Gasteiger partial charge in [-0.15, -0.1) is 0 Å². The molecule has 0 heterocycles. The number of carbonyl (C=O) groups excluding carboxylic acids is 1. The molecule has 1 rings (SSSR count). The Morgan fingerprint density at radius 3 is 2.47 bits per heavy atom. The van der Waals surface area contributed by atoms with Crippen LogP contribution in [0.15, 0.2) is 18.2 Å². The Morgan fingerprint density at radius 1 is 1.29 bits per heavy atom. The van der Waals surface area contributed by atoms with Crippen molar-refractivity contribution in [3.05, 3.63) is 34.9 Å². The van der Waals surface area contributed by atoms with E-state index in [9.17, 15) is 13.2 Å². The molecule has 0 saturated carbocycles. The van der Waals surface area contributed by atoms with Gasteiger partial charge in [-0.3, -0.25) is 4.55 Å². The Morgan fingerprint density at radius 2 is 1.94 bits per heavy atom. The van der Waals surface area contributed by atoms with Crippen LogP contribution in [-0.4, -0.2) is 31.3 Å². The van der Waals surface area contributed by atoms with Crippen molar-refractivity contribution in [1.29, 1.82) is 0 Å². The highest BCUT2D eigenvalue weighted by molar-refractivity contribution is 7.85. The molecule has 0 aliphatic carbocycles. The van der Waals surface area contributed by atoms with Crippen LogP contribution >= 0.6 is 0 Å². The molecule has 0 aliphatic rings. The fraction of sp³-hybridized carbons (Fsp3) is 0.364. The predicted molar refractivity (Wildman–Crippen MR) is 62.6 cm³/mol. The molecular weight excluding hydrogens is 244 g/mol. The standard InChI is InChI=1S/C11H14O5S/c1-8-3-4-10(7-9(8)2)11(12)16-5-6-17(13,14)15/h3-4,7H,5-6H2,1-2H3,(H,13,14,15). The number of carbonyl (C=O) groups is 1. The van der Waals surface area contributed by atoms with Gasteiger partial charge in [-0.2, -0.15) is 8.42 Å². The van der Waals surface area contributed by atoms with Crippen molar-refractivity contribution in [1.82, 2.24) is 0 Å². The Bertz CT molecular complexity index is 519. The van der Waals surface area contributed by atoms with Crippen molar-refractivity contribution in [2.45, 2.75) is 13.8 Å². The SMILES string of the molecule is Cc1ccc(C(=O)OCCS(=O)(=O)O)cc1C. The Balaban J connectivity index is 2.61. The van der Waals surface area contributed by atoms with Gasteiger partial charge in [0, 0.05) is 0 Å². The van der Waals surface area contributed by atoms with Gasteiger partial charge >= 0.3 is 5.97 Å². The zero-order valence-corrected chi connectivity index (χ0v) is 10.5. The molecule has 0 aliphatic heterocycles. The topological polar surface area (TPSA) is 80.7 Å². The maximum absolute atomic E-state index is 11.5. The van der Waals surface area contributed by atoms with Crippen LogP contribution in [0.3, 0.4) is 0 Å². The first kappa shape index (κ1) is 13.7. The molecule has 0 unspecified atom stereocenters. The van der Waals surface area contributed by atoms with Gasteiger partial charge in [-0.25, -0.2) is 4.79 Å². The Labute approximate surface area is 100 Å². The van der Waals surface area contributed by atoms with E-state index in [0.717, 1.165) is 11.1 Å². The zero-order valence-electron chi connectivity index (χ0n) is 9.63. The Kier molecular flexibility index (Phi) is 4.25. The molecule has 0 aromatic heterocycles. The predicted octanol–water partition coefficient (Wildman–Crippen LogP) is 1.35. The number of rotatable bonds is 4. The van der Waals surface area contributed by atoms with Crippen LogP contribution < -0.4 is 0 Å². The second kappa shape index (κ2) is 5.29. The number of aryl methyl sites for hydroxylation is 2. The molecule has 6 heteroatoms. The quantitative estimate of drug-likeness (QED) is 0.651. The van der Waals surface area contributed by atoms with E-state index >= 15 is 0 Å². The number of hydrogen-bond donors (Lipinski definition) is 1. The lowest BCUT2D eigenvalue weighted by atomic mass is 10.1. The van der Waals surface area contributed by atoms with E-state index in [-0.39, 0.29) is 6.61 Å². The van der Waals surface area contributed by atoms with Crippen molar-refractivity contribution in [3.63, 3.8) is 0 Å². The highest BCUT2D eigenvalue weighted by Gasteiger charge is 2.10. The van der Waals surface area contributed by atoms with Crippen LogP contribution in [0.2, 0.25) is 0 Å². The molecule has 0 fully saturated rings. The second-order valence-corrected chi connectivity index (χ2v) is 5.29. The maximum atomic E-state index is 11.5. The van der Waals surface area contributed by atoms with Gasteiger partial charge in [0.15, 0.2) is 0 Å². The normalized spacial score (nSPS) is 11.2. The van der Waals surface area contributed by atoms with Crippen molar-refractivity contribution >= 4 is 16.1 Å². The summed E-state index contributed by atoms with van der Waals surface area (Å²) in [7, 11) is -4.09. The summed E-state index contributed by atoms with van der Waals surface area (Å²) >= 11 is 0. The lowest BCUT2D eigenvalue weighted by molar-refractivity contribution is 0.0528. The van der Waals surface area contributed by atoms with Crippen molar-refractivity contribution in [2.75, 3.05) is 12.4 Å². The van der Waals surface area contributed by atoms with E-state index < -0.39 is 21.8 Å². The monoisotopic (exact) mass is 258 g/mol. The summed E-state index contributed by atoms with van der Waals surface area (Å²) in [5, 5.41) is 0. The zero-order chi connectivity index (χ0) is 13.1. The summed E-state index contributed by atoms with van der Waals surface area (Å²) in [6.07, 6.45) is 0. The molecule has 1 N–H and O–H groups in total. The minimum Gasteiger partial charge on any atom is -0.461 e. The third-order valence-corrected chi connectivity index (χ3v) is 3.00. The lowest BCUT2D eigenvalue weighted by Gasteiger charge is -2.05. The molecule has 94 valence electrons. The van der Waals surface area contributed by atoms with Crippen molar-refractivity contribution in [3.8, 4) is 0 Å². The van der Waals surface area contributed by atoms with Crippen LogP contribution in [0.1, 0.15) is 21.5 Å². The lowest BCUT2D eigenvalue weighted by Crippen LogP contribution is -2.14. The van der Waals surface area contributed by atoms with Gasteiger partial charge in [0.05, 0.1) is 5.56 Å². The average Bonchev–Trinajstić information content (AvgIpc) is 2.20. The number of ether oxygens (including phenoxy) is 1. The molecule has 0 atom stereocenters. The fourth-order valence-electron chi connectivity index (χ4n) is 1.19. The summed E-state index contributed by atoms with van der Waals surface area (Å²) in [5.74, 6) is -1.19. The molecule has 17 heavy (non-hydrogen) atoms. The van der Waals surface area contributed by atoms with Crippen LogP contribution in [-0.2, 0) is 14.9 Å². The van der Waals surface area contributed by atoms with Crippen molar-refractivity contribution in [2.24, 2.45) is 0 Å². The van der Waals surface area contributed by atoms with E-state index in [1.807, 2.05) is 13.8 Å². The number of esters is 1. The second-order valence-electron chi connectivity index (χ2n) is 3.72. The third-order valence-electron chi connectivity index (χ3n) is 2.32. The smallest absolute Gasteiger partial charge is 0.338 e. The summed E-state index contributed by atoms with van der Waals surface area (Å²) in [6.45, 7) is 3.43. The first-order chi connectivity index (χ1) is 7.79. The Hall–Kier alpha value is -1.40. The van der Waals surface area contributed by atoms with Gasteiger partial charge in [-0.05, 0) is 37.1 Å². The molecule has 1 aromatic rings. The van der Waals surface area contributed by atoms with Crippen molar-refractivity contribution < 1.29 is 22.5 Å². The highest BCUT2D eigenvalue weighted by atomic mass is 32.2. The van der Waals surface area contributed by atoms with Crippen LogP contribution in [0.5, 0.6) is 0 Å². The largest absolute Gasteiger partial charge is 0.461 e. The van der Waals surface area contributed by atoms with E-state index in [1.165, 1.54) is 0 Å². The molecule has 1 aromatic carbocycles. The molecule has 0 spiro atoms. The third kappa shape index (κ3) is 4.54. The molecule has 0 amide bonds. The molecule has 0 radical (unpaired) electrons. The van der Waals surface area contributed by atoms with Crippen LogP contribution in [0.25, 0.3) is 0 Å². The molecule has 0 saturated heterocycles. The number of hydrogen-bond acceptors (Lipinski definition) is 4. The van der Waals surface area contributed by atoms with Crippen LogP contribution in [0.4, 0.5) is 0 Å². The highest BCUT2D eigenvalue weighted by Crippen LogP contribution is 2.10. The molecular formula is C11H14O5S. The van der Waals surface area contributed by atoms with E-state index in [1.54, 1.807) is 18.2 Å². The summed E-state index contributed by atoms with van der Waals surface area (Å²) in [4.78, 5) is 11.5. The van der Waals surface area contributed by atoms with E-state index in [0.29, 0.717) is 5.56 Å². The van der Waals surface area contributed by atoms with Gasteiger partial charge in [0.25, 0.3) is 10.1 Å². The maximum Gasteiger partial charge on any atom is 0.338 e. The first-order valence-electron chi connectivity index (χ1n) is 4.99. The van der Waals surface area contributed by atoms with Gasteiger partial charge in [-0.1, -0.05) is 6.07 Å². The van der Waals surface area contributed by atoms with E-state index in [2.05, 4.69) is 0 Å². The van der Waals surface area contributed by atoms with Crippen LogP contribution in [0, 0.1) is 13.8 Å².